The number of carbonyl (C=O) groups excluding carboxylic acids is 10. The van der Waals surface area contributed by atoms with Crippen LogP contribution in [0.4, 0.5) is 0 Å². The molecule has 10 amide bonds. The van der Waals surface area contributed by atoms with Crippen molar-refractivity contribution in [3.8, 4) is 5.75 Å². The molecule has 0 fully saturated rings. The fourth-order valence-electron chi connectivity index (χ4n) is 7.65. The maximum atomic E-state index is 13.9. The Morgan fingerprint density at radius 3 is 1.59 bits per heavy atom. The van der Waals surface area contributed by atoms with Gasteiger partial charge < -0.3 is 79.7 Å². The summed E-state index contributed by atoms with van der Waals surface area (Å²) in [5.41, 5.74) is 11.5. The second kappa shape index (κ2) is 35.1. The van der Waals surface area contributed by atoms with Crippen LogP contribution < -0.4 is 59.3 Å². The molecular weight excluding hydrogens is 1020 g/mol. The lowest BCUT2D eigenvalue weighted by molar-refractivity contribution is -0.144. The minimum Gasteiger partial charge on any atom is -0.508 e. The van der Waals surface area contributed by atoms with E-state index in [0.29, 0.717) is 18.5 Å². The quantitative estimate of drug-likeness (QED) is 0.0315. The van der Waals surface area contributed by atoms with Crippen molar-refractivity contribution in [1.29, 1.82) is 0 Å². The van der Waals surface area contributed by atoms with Gasteiger partial charge in [0.05, 0.1) is 25.5 Å². The van der Waals surface area contributed by atoms with E-state index in [1.54, 1.807) is 39.8 Å². The van der Waals surface area contributed by atoms with Gasteiger partial charge in [0.1, 0.15) is 54.1 Å². The highest BCUT2D eigenvalue weighted by molar-refractivity contribution is 5.99. The van der Waals surface area contributed by atoms with E-state index in [2.05, 4.69) is 47.9 Å². The number of nitrogens with two attached hydrogens (primary N) is 2. The second-order valence-electron chi connectivity index (χ2n) is 20.1. The zero-order valence-corrected chi connectivity index (χ0v) is 45.8. The molecule has 0 saturated heterocycles. The molecule has 1 rings (SSSR count). The van der Waals surface area contributed by atoms with Crippen LogP contribution in [-0.4, -0.2) is 159 Å². The zero-order valence-electron chi connectivity index (χ0n) is 45.8. The molecule has 27 nitrogen and oxygen atoms in total. The maximum absolute atomic E-state index is 13.9. The van der Waals surface area contributed by atoms with Crippen molar-refractivity contribution >= 4 is 71.0 Å². The number of carbonyl (C=O) groups is 12. The number of benzene rings is 1. The molecule has 10 atom stereocenters. The first-order valence-corrected chi connectivity index (χ1v) is 26.1. The first kappa shape index (κ1) is 68.6. The second-order valence-corrected chi connectivity index (χ2v) is 20.1. The standard InChI is InChI=1S/C51H83N11O16/c1-9-28(6)42(49(75)58-34(23-37(53)65)46(72)57-35(24-40(68)69)47(73)59-36(51(77)78)21-26(2)3)62-48(74)41(27(4)5)61-50(76)43(30(8)63)60-39(67)25-54-44(70)29(7)55-45(71)33(22-31-16-18-32(64)19-17-31)56-38(66)15-13-11-10-12-14-20-52/h16-19,26-30,33-36,41-43,63-64H,9-15,20-25,52H2,1-8H3,(H2,53,65)(H,54,70)(H,55,71)(H,56,66)(H,57,72)(H,58,75)(H,59,73)(H,60,67)(H,61,76)(H,62,74)(H,68,69)(H,77,78)/t28-,29-,30+,33-,34-,35-,36-,41-,42-,43-/m0/s1. The Balaban J connectivity index is 3.14. The number of nitrogens with one attached hydrogen (secondary N) is 9. The molecule has 0 heterocycles. The zero-order chi connectivity index (χ0) is 59.4. The number of primary amides is 1. The Morgan fingerprint density at radius 2 is 1.06 bits per heavy atom. The predicted molar refractivity (Wildman–Crippen MR) is 282 cm³/mol. The molecule has 0 aliphatic heterocycles. The number of rotatable bonds is 37. The Hall–Kier alpha value is -7.42. The van der Waals surface area contributed by atoms with E-state index in [0.717, 1.165) is 25.7 Å². The van der Waals surface area contributed by atoms with Crippen molar-refractivity contribution in [3.63, 3.8) is 0 Å². The van der Waals surface area contributed by atoms with E-state index in [1.807, 2.05) is 0 Å². The Morgan fingerprint density at radius 1 is 0.551 bits per heavy atom. The predicted octanol–water partition coefficient (Wildman–Crippen LogP) is -2.19. The number of carboxylic acid groups (broad SMARTS) is 2. The van der Waals surface area contributed by atoms with Crippen LogP contribution in [0.3, 0.4) is 0 Å². The monoisotopic (exact) mass is 1110 g/mol. The molecule has 78 heavy (non-hydrogen) atoms. The van der Waals surface area contributed by atoms with E-state index in [4.69, 9.17) is 11.5 Å². The number of hydrogen-bond donors (Lipinski definition) is 15. The normalized spacial score (nSPS) is 15.0. The van der Waals surface area contributed by atoms with Gasteiger partial charge in [0.15, 0.2) is 0 Å². The molecule has 438 valence electrons. The summed E-state index contributed by atoms with van der Waals surface area (Å²) in [6, 6.07) is -6.20. The Bertz CT molecular complexity index is 2210. The first-order chi connectivity index (χ1) is 36.5. The van der Waals surface area contributed by atoms with Gasteiger partial charge in [0.2, 0.25) is 59.1 Å². The van der Waals surface area contributed by atoms with Crippen LogP contribution in [0.25, 0.3) is 0 Å². The summed E-state index contributed by atoms with van der Waals surface area (Å²) in [6.07, 6.45) is 0.950. The molecule has 27 heteroatoms. The van der Waals surface area contributed by atoms with Crippen LogP contribution in [0.1, 0.15) is 125 Å². The third-order valence-corrected chi connectivity index (χ3v) is 12.3. The number of phenols is 1. The van der Waals surface area contributed by atoms with Crippen molar-refractivity contribution in [2.45, 2.75) is 180 Å². The lowest BCUT2D eigenvalue weighted by Gasteiger charge is -2.30. The molecule has 0 bridgehead atoms. The molecule has 0 aromatic heterocycles. The summed E-state index contributed by atoms with van der Waals surface area (Å²) in [7, 11) is 0. The van der Waals surface area contributed by atoms with Crippen molar-refractivity contribution in [3.05, 3.63) is 29.8 Å². The average molecular weight is 1110 g/mol. The highest BCUT2D eigenvalue weighted by Crippen LogP contribution is 2.15. The van der Waals surface area contributed by atoms with Crippen molar-refractivity contribution < 1.29 is 78.0 Å². The molecule has 1 aromatic rings. The van der Waals surface area contributed by atoms with Gasteiger partial charge in [-0.25, -0.2) is 4.79 Å². The highest BCUT2D eigenvalue weighted by atomic mass is 16.4. The molecule has 0 spiro atoms. The minimum absolute atomic E-state index is 0.00777. The van der Waals surface area contributed by atoms with Gasteiger partial charge in [-0.2, -0.15) is 0 Å². The molecular formula is C51H83N11O16. The Kier molecular flexibility index (Phi) is 30.9. The summed E-state index contributed by atoms with van der Waals surface area (Å²) in [5, 5.41) is 60.9. The van der Waals surface area contributed by atoms with Crippen molar-refractivity contribution in [1.82, 2.24) is 47.9 Å². The van der Waals surface area contributed by atoms with Crippen LogP contribution in [0.2, 0.25) is 0 Å². The van der Waals surface area contributed by atoms with Crippen molar-refractivity contribution in [2.75, 3.05) is 13.1 Å². The summed E-state index contributed by atoms with van der Waals surface area (Å²) in [6.45, 7) is 12.0. The maximum Gasteiger partial charge on any atom is 0.326 e. The number of hydrogen-bond acceptors (Lipinski definition) is 15. The fraction of sp³-hybridized carbons (Fsp3) is 0.647. The topological polar surface area (TPSA) is 446 Å². The molecule has 0 radical (unpaired) electrons. The highest BCUT2D eigenvalue weighted by Gasteiger charge is 2.37. The van der Waals surface area contributed by atoms with Crippen LogP contribution in [-0.2, 0) is 64.0 Å². The summed E-state index contributed by atoms with van der Waals surface area (Å²) in [5.74, 6) is -14.1. The average Bonchev–Trinajstić information content (AvgIpc) is 3.35. The summed E-state index contributed by atoms with van der Waals surface area (Å²) in [4.78, 5) is 156. The van der Waals surface area contributed by atoms with E-state index < -0.39 is 151 Å². The first-order valence-electron chi connectivity index (χ1n) is 26.1. The van der Waals surface area contributed by atoms with Crippen LogP contribution >= 0.6 is 0 Å². The number of phenolic OH excluding ortho intramolecular Hbond substituents is 1. The van der Waals surface area contributed by atoms with Gasteiger partial charge in [0, 0.05) is 12.8 Å². The molecule has 0 unspecified atom stereocenters. The molecule has 0 aliphatic carbocycles. The van der Waals surface area contributed by atoms with Gasteiger partial charge >= 0.3 is 11.9 Å². The van der Waals surface area contributed by atoms with Crippen LogP contribution in [0.5, 0.6) is 5.75 Å². The van der Waals surface area contributed by atoms with E-state index in [-0.39, 0.29) is 43.3 Å². The van der Waals surface area contributed by atoms with Gasteiger partial charge in [-0.15, -0.1) is 0 Å². The number of aliphatic hydroxyl groups is 1. The molecule has 17 N–H and O–H groups in total. The van der Waals surface area contributed by atoms with E-state index in [9.17, 15) is 78.0 Å². The van der Waals surface area contributed by atoms with Gasteiger partial charge in [-0.3, -0.25) is 52.7 Å². The number of amides is 10. The van der Waals surface area contributed by atoms with Gasteiger partial charge in [-0.05, 0) is 75.1 Å². The fourth-order valence-corrected chi connectivity index (χ4v) is 7.65. The number of aliphatic carboxylic acids is 2. The molecule has 0 aliphatic rings. The Labute approximate surface area is 454 Å². The number of carboxylic acids is 2. The largest absolute Gasteiger partial charge is 0.508 e. The third-order valence-electron chi connectivity index (χ3n) is 12.3. The number of aliphatic hydroxyl groups excluding tert-OH is 1. The van der Waals surface area contributed by atoms with Crippen LogP contribution in [0, 0.1) is 17.8 Å². The minimum atomic E-state index is -1.88. The van der Waals surface area contributed by atoms with Gasteiger partial charge in [-0.1, -0.05) is 79.4 Å². The number of aromatic hydroxyl groups is 1. The molecule has 0 saturated carbocycles. The smallest absolute Gasteiger partial charge is 0.326 e. The lowest BCUT2D eigenvalue weighted by Crippen LogP contribution is -2.62. The summed E-state index contributed by atoms with van der Waals surface area (Å²) >= 11 is 0. The van der Waals surface area contributed by atoms with E-state index >= 15 is 0 Å². The summed E-state index contributed by atoms with van der Waals surface area (Å²) < 4.78 is 0. The van der Waals surface area contributed by atoms with Gasteiger partial charge in [0.25, 0.3) is 0 Å². The number of unbranched alkanes of at least 4 members (excludes halogenated alkanes) is 4. The third kappa shape index (κ3) is 26.1. The SMILES string of the molecule is CC[C@H](C)[C@H](NC(=O)[C@@H](NC(=O)[C@@H](NC(=O)CNC(=O)[C@H](C)NC(=O)[C@H](Cc1ccc(O)cc1)NC(=O)CCCCCCCN)[C@@H](C)O)C(C)C)C(=O)N[C@@H](CC(N)=O)C(=O)N[C@@H](CC(=O)O)C(=O)N[C@@H](CC(C)C)C(=O)O. The molecule has 1 aromatic carbocycles. The van der Waals surface area contributed by atoms with E-state index in [1.165, 1.54) is 39.8 Å². The van der Waals surface area contributed by atoms with Crippen LogP contribution in [0.15, 0.2) is 24.3 Å². The van der Waals surface area contributed by atoms with Crippen molar-refractivity contribution in [2.24, 2.45) is 29.2 Å². The lowest BCUT2D eigenvalue weighted by atomic mass is 9.95.